The van der Waals surface area contributed by atoms with Crippen LogP contribution in [0.25, 0.3) is 0 Å². The highest BCUT2D eigenvalue weighted by Crippen LogP contribution is 2.44. The molecule has 1 atom stereocenters. The van der Waals surface area contributed by atoms with Crippen LogP contribution < -0.4 is 5.32 Å². The molecule has 0 spiro atoms. The van der Waals surface area contributed by atoms with Crippen molar-refractivity contribution in [2.45, 2.75) is 57.1 Å². The summed E-state index contributed by atoms with van der Waals surface area (Å²) in [4.78, 5) is 12.6. The second-order valence-corrected chi connectivity index (χ2v) is 6.15. The monoisotopic (exact) mass is 261 g/mol. The number of carbonyl (C=O) groups excluding carboxylic acids is 1. The highest BCUT2D eigenvalue weighted by Gasteiger charge is 2.47. The van der Waals surface area contributed by atoms with Gasteiger partial charge in [0, 0.05) is 0 Å². The Kier molecular flexibility index (Phi) is 3.68. The van der Waals surface area contributed by atoms with Gasteiger partial charge in [-0.1, -0.05) is 36.8 Å². The fraction of sp³-hybridized carbons (Fsp3) is 0.562. The Morgan fingerprint density at radius 2 is 1.89 bits per heavy atom. The third kappa shape index (κ3) is 2.52. The molecule has 19 heavy (non-hydrogen) atoms. The smallest absolute Gasteiger partial charge is 0.231 e. The molecule has 1 aromatic carbocycles. The van der Waals surface area contributed by atoms with E-state index in [1.807, 2.05) is 44.2 Å². The van der Waals surface area contributed by atoms with E-state index in [9.17, 15) is 9.90 Å². The molecule has 0 heterocycles. The first-order valence-corrected chi connectivity index (χ1v) is 6.95. The Labute approximate surface area is 115 Å². The van der Waals surface area contributed by atoms with Crippen LogP contribution >= 0.6 is 0 Å². The summed E-state index contributed by atoms with van der Waals surface area (Å²) < 4.78 is 0. The van der Waals surface area contributed by atoms with Gasteiger partial charge >= 0.3 is 0 Å². The lowest BCUT2D eigenvalue weighted by Gasteiger charge is -2.43. The summed E-state index contributed by atoms with van der Waals surface area (Å²) in [7, 11) is 0. The zero-order chi connectivity index (χ0) is 14.1. The van der Waals surface area contributed by atoms with Crippen molar-refractivity contribution in [2.24, 2.45) is 0 Å². The lowest BCUT2D eigenvalue weighted by molar-refractivity contribution is -0.133. The second kappa shape index (κ2) is 4.97. The zero-order valence-electron chi connectivity index (χ0n) is 11.9. The van der Waals surface area contributed by atoms with Gasteiger partial charge in [-0.05, 0) is 39.2 Å². The molecule has 0 radical (unpaired) electrons. The van der Waals surface area contributed by atoms with Gasteiger partial charge in [-0.3, -0.25) is 4.79 Å². The average Bonchev–Trinajstić information content (AvgIpc) is 2.28. The molecule has 0 aromatic heterocycles. The number of hydrogen-bond acceptors (Lipinski definition) is 2. The predicted molar refractivity (Wildman–Crippen MR) is 75.9 cm³/mol. The lowest BCUT2D eigenvalue weighted by atomic mass is 9.63. The summed E-state index contributed by atoms with van der Waals surface area (Å²) in [6.45, 7) is 5.41. The van der Waals surface area contributed by atoms with E-state index in [-0.39, 0.29) is 5.91 Å². The Morgan fingerprint density at radius 3 is 2.32 bits per heavy atom. The maximum Gasteiger partial charge on any atom is 0.231 e. The zero-order valence-corrected chi connectivity index (χ0v) is 11.9. The molecule has 2 rings (SSSR count). The van der Waals surface area contributed by atoms with Gasteiger partial charge in [0.1, 0.15) is 0 Å². The third-order valence-electron chi connectivity index (χ3n) is 4.45. The summed E-state index contributed by atoms with van der Waals surface area (Å²) in [6, 6.07) is 9.96. The van der Waals surface area contributed by atoms with E-state index in [0.717, 1.165) is 24.8 Å². The normalized spacial score (nSPS) is 19.4. The van der Waals surface area contributed by atoms with Gasteiger partial charge < -0.3 is 10.4 Å². The fourth-order valence-electron chi connectivity index (χ4n) is 2.45. The number of amides is 1. The van der Waals surface area contributed by atoms with E-state index >= 15 is 0 Å². The standard InChI is InChI=1S/C16H23NO2/c1-12(18)15(2,3)17-14(19)16(10-7-11-16)13-8-5-4-6-9-13/h4-6,8-9,12,18H,7,10-11H2,1-3H3,(H,17,19). The quantitative estimate of drug-likeness (QED) is 0.874. The first-order valence-electron chi connectivity index (χ1n) is 6.95. The van der Waals surface area contributed by atoms with E-state index in [2.05, 4.69) is 5.32 Å². The topological polar surface area (TPSA) is 49.3 Å². The van der Waals surface area contributed by atoms with E-state index < -0.39 is 17.1 Å². The van der Waals surface area contributed by atoms with Crippen LogP contribution in [0.15, 0.2) is 30.3 Å². The van der Waals surface area contributed by atoms with Crippen molar-refractivity contribution >= 4 is 5.91 Å². The summed E-state index contributed by atoms with van der Waals surface area (Å²) in [5.41, 5.74) is 0.0853. The van der Waals surface area contributed by atoms with Gasteiger partial charge in [-0.15, -0.1) is 0 Å². The number of hydrogen-bond donors (Lipinski definition) is 2. The second-order valence-electron chi connectivity index (χ2n) is 6.15. The van der Waals surface area contributed by atoms with Crippen molar-refractivity contribution < 1.29 is 9.90 Å². The van der Waals surface area contributed by atoms with Crippen LogP contribution in [0.4, 0.5) is 0 Å². The molecule has 1 aliphatic carbocycles. The summed E-state index contributed by atoms with van der Waals surface area (Å²) in [5.74, 6) is 0.0378. The van der Waals surface area contributed by atoms with Gasteiger partial charge in [0.05, 0.1) is 17.1 Å². The van der Waals surface area contributed by atoms with Crippen LogP contribution in [-0.2, 0) is 10.2 Å². The number of rotatable bonds is 4. The third-order valence-corrected chi connectivity index (χ3v) is 4.45. The highest BCUT2D eigenvalue weighted by atomic mass is 16.3. The molecule has 3 nitrogen and oxygen atoms in total. The van der Waals surface area contributed by atoms with Crippen molar-refractivity contribution in [3.63, 3.8) is 0 Å². The molecule has 3 heteroatoms. The number of aliphatic hydroxyl groups excluding tert-OH is 1. The summed E-state index contributed by atoms with van der Waals surface area (Å²) in [6.07, 6.45) is 2.28. The van der Waals surface area contributed by atoms with Gasteiger partial charge in [0.25, 0.3) is 0 Å². The fourth-order valence-corrected chi connectivity index (χ4v) is 2.45. The van der Waals surface area contributed by atoms with Crippen LogP contribution in [0.5, 0.6) is 0 Å². The van der Waals surface area contributed by atoms with Gasteiger partial charge in [-0.2, -0.15) is 0 Å². The SMILES string of the molecule is CC(O)C(C)(C)NC(=O)C1(c2ccccc2)CCC1. The number of nitrogens with one attached hydrogen (secondary N) is 1. The minimum absolute atomic E-state index is 0.0378. The molecular formula is C16H23NO2. The molecule has 0 aliphatic heterocycles. The van der Waals surface area contributed by atoms with Gasteiger partial charge in [0.15, 0.2) is 0 Å². The molecule has 1 amide bonds. The summed E-state index contributed by atoms with van der Waals surface area (Å²) in [5, 5.41) is 12.7. The molecule has 0 saturated heterocycles. The number of benzene rings is 1. The van der Waals surface area contributed by atoms with Crippen molar-refractivity contribution in [1.29, 1.82) is 0 Å². The maximum absolute atomic E-state index is 12.6. The van der Waals surface area contributed by atoms with Crippen LogP contribution in [0.3, 0.4) is 0 Å². The maximum atomic E-state index is 12.6. The largest absolute Gasteiger partial charge is 0.391 e. The Morgan fingerprint density at radius 1 is 1.32 bits per heavy atom. The minimum Gasteiger partial charge on any atom is -0.391 e. The predicted octanol–water partition coefficient (Wildman–Crippen LogP) is 2.38. The molecule has 2 N–H and O–H groups in total. The van der Waals surface area contributed by atoms with E-state index in [0.29, 0.717) is 0 Å². The van der Waals surface area contributed by atoms with Crippen molar-refractivity contribution in [3.05, 3.63) is 35.9 Å². The van der Waals surface area contributed by atoms with Crippen LogP contribution in [0.1, 0.15) is 45.6 Å². The van der Waals surface area contributed by atoms with Crippen LogP contribution in [-0.4, -0.2) is 22.7 Å². The molecule has 1 saturated carbocycles. The van der Waals surface area contributed by atoms with E-state index in [1.54, 1.807) is 6.92 Å². The number of carbonyl (C=O) groups is 1. The van der Waals surface area contributed by atoms with Crippen molar-refractivity contribution in [3.8, 4) is 0 Å². The molecular weight excluding hydrogens is 238 g/mol. The van der Waals surface area contributed by atoms with E-state index in [4.69, 9.17) is 0 Å². The van der Waals surface area contributed by atoms with Gasteiger partial charge in [0.2, 0.25) is 5.91 Å². The molecule has 1 aromatic rings. The average molecular weight is 261 g/mol. The first-order chi connectivity index (χ1) is 8.88. The summed E-state index contributed by atoms with van der Waals surface area (Å²) >= 11 is 0. The minimum atomic E-state index is -0.603. The van der Waals surface area contributed by atoms with Crippen LogP contribution in [0, 0.1) is 0 Å². The van der Waals surface area contributed by atoms with Crippen LogP contribution in [0.2, 0.25) is 0 Å². The Hall–Kier alpha value is -1.35. The van der Waals surface area contributed by atoms with E-state index in [1.165, 1.54) is 0 Å². The first kappa shape index (κ1) is 14.1. The van der Waals surface area contributed by atoms with Gasteiger partial charge in [-0.25, -0.2) is 0 Å². The molecule has 0 bridgehead atoms. The lowest BCUT2D eigenvalue weighted by Crippen LogP contribution is -2.58. The Balaban J connectivity index is 2.21. The number of aliphatic hydroxyl groups is 1. The highest BCUT2D eigenvalue weighted by molar-refractivity contribution is 5.89. The van der Waals surface area contributed by atoms with Crippen molar-refractivity contribution in [1.82, 2.24) is 5.32 Å². The Bertz CT molecular complexity index is 447. The molecule has 104 valence electrons. The molecule has 1 aliphatic rings. The molecule has 1 unspecified atom stereocenters. The van der Waals surface area contributed by atoms with Crippen molar-refractivity contribution in [2.75, 3.05) is 0 Å². The molecule has 1 fully saturated rings.